The van der Waals surface area contributed by atoms with Gasteiger partial charge in [0.15, 0.2) is 11.5 Å². The molecular weight excluding hydrogens is 383 g/mol. The summed E-state index contributed by atoms with van der Waals surface area (Å²) in [5.74, 6) is 0.0606. The molecular formula is C19H14ClFN6O. The summed E-state index contributed by atoms with van der Waals surface area (Å²) in [6, 6.07) is 14.3. The maximum absolute atomic E-state index is 13.8. The number of amides is 2. The second-order valence-corrected chi connectivity index (χ2v) is 6.40. The summed E-state index contributed by atoms with van der Waals surface area (Å²) < 4.78 is 15.5. The van der Waals surface area contributed by atoms with Crippen LogP contribution in [0.5, 0.6) is 0 Å². The van der Waals surface area contributed by atoms with Gasteiger partial charge in [-0.15, -0.1) is 10.2 Å². The predicted octanol–water partition coefficient (Wildman–Crippen LogP) is 4.54. The van der Waals surface area contributed by atoms with Crippen molar-refractivity contribution in [1.29, 1.82) is 0 Å². The van der Waals surface area contributed by atoms with Crippen LogP contribution < -0.4 is 10.6 Å². The van der Waals surface area contributed by atoms with Gasteiger partial charge < -0.3 is 10.6 Å². The molecule has 0 aliphatic heterocycles. The van der Waals surface area contributed by atoms with Gasteiger partial charge in [-0.25, -0.2) is 9.18 Å². The highest BCUT2D eigenvalue weighted by Crippen LogP contribution is 2.25. The van der Waals surface area contributed by atoms with Crippen molar-refractivity contribution in [3.63, 3.8) is 0 Å². The number of rotatable bonds is 3. The summed E-state index contributed by atoms with van der Waals surface area (Å²) in [5, 5.41) is 17.7. The van der Waals surface area contributed by atoms with Crippen molar-refractivity contribution in [3.05, 3.63) is 71.3 Å². The number of benzene rings is 2. The molecule has 0 aliphatic carbocycles. The number of carbonyl (C=O) groups is 1. The molecule has 0 atom stereocenters. The second-order valence-electron chi connectivity index (χ2n) is 5.99. The number of nitrogens with zero attached hydrogens (tertiary/aromatic N) is 4. The van der Waals surface area contributed by atoms with Gasteiger partial charge in [-0.1, -0.05) is 29.8 Å². The molecule has 0 unspecified atom stereocenters. The van der Waals surface area contributed by atoms with Gasteiger partial charge in [0.2, 0.25) is 0 Å². The van der Waals surface area contributed by atoms with Crippen molar-refractivity contribution >= 4 is 34.7 Å². The van der Waals surface area contributed by atoms with Crippen molar-refractivity contribution in [2.45, 2.75) is 6.92 Å². The molecule has 0 fully saturated rings. The quantitative estimate of drug-likeness (QED) is 0.532. The molecule has 4 rings (SSSR count). The number of anilines is 2. The first-order valence-electron chi connectivity index (χ1n) is 8.33. The van der Waals surface area contributed by atoms with Crippen LogP contribution in [-0.4, -0.2) is 25.8 Å². The molecule has 2 heterocycles. The van der Waals surface area contributed by atoms with Crippen LogP contribution in [0.2, 0.25) is 5.02 Å². The Morgan fingerprint density at radius 2 is 1.89 bits per heavy atom. The SMILES string of the molecule is Cc1nnc2ccc(-c3cccc(NC(=O)Nc4c(F)cccc4Cl)c3)nn12. The lowest BCUT2D eigenvalue weighted by Gasteiger charge is -2.11. The molecule has 2 N–H and O–H groups in total. The maximum Gasteiger partial charge on any atom is 0.323 e. The van der Waals surface area contributed by atoms with Crippen molar-refractivity contribution in [3.8, 4) is 11.3 Å². The van der Waals surface area contributed by atoms with Crippen LogP contribution in [0.1, 0.15) is 5.82 Å². The Bertz CT molecular complexity index is 1170. The lowest BCUT2D eigenvalue weighted by Crippen LogP contribution is -2.20. The maximum atomic E-state index is 13.8. The standard InChI is InChI=1S/C19H14ClFN6O/c1-11-24-25-17-9-8-16(26-27(11)17)12-4-2-5-13(10-12)22-19(28)23-18-14(20)6-3-7-15(18)21/h2-10H,1H3,(H2,22,23,28). The first-order chi connectivity index (χ1) is 13.5. The third-order valence-electron chi connectivity index (χ3n) is 4.04. The minimum atomic E-state index is -0.613. The number of halogens is 2. The zero-order valence-corrected chi connectivity index (χ0v) is 15.4. The molecule has 9 heteroatoms. The highest BCUT2D eigenvalue weighted by Gasteiger charge is 2.11. The molecule has 0 aliphatic rings. The fraction of sp³-hybridized carbons (Fsp3) is 0.0526. The van der Waals surface area contributed by atoms with Gasteiger partial charge in [0.05, 0.1) is 16.4 Å². The highest BCUT2D eigenvalue weighted by atomic mass is 35.5. The van der Waals surface area contributed by atoms with E-state index in [1.165, 1.54) is 18.2 Å². The van der Waals surface area contributed by atoms with Crippen molar-refractivity contribution in [2.24, 2.45) is 0 Å². The predicted molar refractivity (Wildman–Crippen MR) is 105 cm³/mol. The minimum Gasteiger partial charge on any atom is -0.308 e. The summed E-state index contributed by atoms with van der Waals surface area (Å²) in [5.41, 5.74) is 2.57. The summed E-state index contributed by atoms with van der Waals surface area (Å²) in [7, 11) is 0. The van der Waals surface area contributed by atoms with Gasteiger partial charge in [0, 0.05) is 11.3 Å². The molecule has 2 aromatic heterocycles. The van der Waals surface area contributed by atoms with E-state index in [1.54, 1.807) is 22.7 Å². The van der Waals surface area contributed by atoms with E-state index in [-0.39, 0.29) is 10.7 Å². The van der Waals surface area contributed by atoms with E-state index >= 15 is 0 Å². The number of carbonyl (C=O) groups excluding carboxylic acids is 1. The molecule has 0 saturated carbocycles. The fourth-order valence-electron chi connectivity index (χ4n) is 2.70. The lowest BCUT2D eigenvalue weighted by molar-refractivity contribution is 0.262. The van der Waals surface area contributed by atoms with Gasteiger partial charge in [-0.3, -0.25) is 0 Å². The van der Waals surface area contributed by atoms with Crippen molar-refractivity contribution in [2.75, 3.05) is 10.6 Å². The Kier molecular flexibility index (Phi) is 4.62. The number of fused-ring (bicyclic) bond motifs is 1. The van der Waals surface area contributed by atoms with Gasteiger partial charge in [0.1, 0.15) is 5.82 Å². The van der Waals surface area contributed by atoms with Gasteiger partial charge >= 0.3 is 6.03 Å². The molecule has 0 bridgehead atoms. The third kappa shape index (κ3) is 3.49. The summed E-state index contributed by atoms with van der Waals surface area (Å²) in [4.78, 5) is 12.2. The van der Waals surface area contributed by atoms with E-state index < -0.39 is 11.8 Å². The van der Waals surface area contributed by atoms with Crippen LogP contribution in [0.15, 0.2) is 54.6 Å². The van der Waals surface area contributed by atoms with Gasteiger partial charge in [-0.05, 0) is 43.3 Å². The fourth-order valence-corrected chi connectivity index (χ4v) is 2.91. The number of urea groups is 1. The molecule has 7 nitrogen and oxygen atoms in total. The second kappa shape index (κ2) is 7.24. The Hall–Kier alpha value is -3.52. The van der Waals surface area contributed by atoms with E-state index in [9.17, 15) is 9.18 Å². The smallest absolute Gasteiger partial charge is 0.308 e. The average Bonchev–Trinajstić information content (AvgIpc) is 3.05. The Morgan fingerprint density at radius 1 is 1.07 bits per heavy atom. The highest BCUT2D eigenvalue weighted by molar-refractivity contribution is 6.33. The first-order valence-corrected chi connectivity index (χ1v) is 8.70. The van der Waals surface area contributed by atoms with E-state index in [1.807, 2.05) is 25.1 Å². The van der Waals surface area contributed by atoms with Gasteiger partial charge in [-0.2, -0.15) is 9.61 Å². The third-order valence-corrected chi connectivity index (χ3v) is 4.35. The molecule has 0 saturated heterocycles. The molecule has 4 aromatic rings. The van der Waals surface area contributed by atoms with Crippen LogP contribution in [0.3, 0.4) is 0 Å². The molecule has 2 aromatic carbocycles. The van der Waals surface area contributed by atoms with E-state index in [0.29, 0.717) is 22.9 Å². The van der Waals surface area contributed by atoms with Crippen LogP contribution in [0, 0.1) is 12.7 Å². The summed E-state index contributed by atoms with van der Waals surface area (Å²) in [6.45, 7) is 1.81. The Labute approximate surface area is 164 Å². The Balaban J connectivity index is 1.56. The largest absolute Gasteiger partial charge is 0.323 e. The van der Waals surface area contributed by atoms with E-state index in [2.05, 4.69) is 25.9 Å². The lowest BCUT2D eigenvalue weighted by atomic mass is 10.1. The van der Waals surface area contributed by atoms with Gasteiger partial charge in [0.25, 0.3) is 0 Å². The average molecular weight is 397 g/mol. The number of aryl methyl sites for hydroxylation is 1. The number of aromatic nitrogens is 4. The zero-order chi connectivity index (χ0) is 19.7. The van der Waals surface area contributed by atoms with Crippen LogP contribution >= 0.6 is 11.6 Å². The molecule has 28 heavy (non-hydrogen) atoms. The monoisotopic (exact) mass is 396 g/mol. The van der Waals surface area contributed by atoms with E-state index in [4.69, 9.17) is 11.6 Å². The summed E-state index contributed by atoms with van der Waals surface area (Å²) >= 11 is 5.93. The number of nitrogens with one attached hydrogen (secondary N) is 2. The van der Waals surface area contributed by atoms with Crippen LogP contribution in [0.4, 0.5) is 20.6 Å². The number of hydrogen-bond donors (Lipinski definition) is 2. The normalized spacial score (nSPS) is 10.8. The van der Waals surface area contributed by atoms with Crippen LogP contribution in [-0.2, 0) is 0 Å². The molecule has 2 amide bonds. The Morgan fingerprint density at radius 3 is 2.71 bits per heavy atom. The topological polar surface area (TPSA) is 84.2 Å². The molecule has 0 radical (unpaired) electrons. The molecule has 140 valence electrons. The van der Waals surface area contributed by atoms with Crippen molar-refractivity contribution in [1.82, 2.24) is 19.8 Å². The number of hydrogen-bond acceptors (Lipinski definition) is 4. The first kappa shape index (κ1) is 17.9. The zero-order valence-electron chi connectivity index (χ0n) is 14.6. The van der Waals surface area contributed by atoms with E-state index in [0.717, 1.165) is 5.56 Å². The minimum absolute atomic E-state index is 0.0759. The van der Waals surface area contributed by atoms with Crippen LogP contribution in [0.25, 0.3) is 16.9 Å². The molecule has 0 spiro atoms. The number of para-hydroxylation sites is 1. The summed E-state index contributed by atoms with van der Waals surface area (Å²) in [6.07, 6.45) is 0. The van der Waals surface area contributed by atoms with Crippen molar-refractivity contribution < 1.29 is 9.18 Å².